The molecule has 5 nitrogen and oxygen atoms in total. The lowest BCUT2D eigenvalue weighted by molar-refractivity contribution is -0.117. The normalized spacial score (nSPS) is 13.1. The molecule has 0 fully saturated rings. The van der Waals surface area contributed by atoms with E-state index in [9.17, 15) is 4.79 Å². The summed E-state index contributed by atoms with van der Waals surface area (Å²) in [7, 11) is 1.65. The number of rotatable bonds is 9. The van der Waals surface area contributed by atoms with Crippen LogP contribution >= 0.6 is 0 Å². The number of hydrogen-bond acceptors (Lipinski definition) is 4. The van der Waals surface area contributed by atoms with Crippen molar-refractivity contribution in [3.05, 3.63) is 83.1 Å². The van der Waals surface area contributed by atoms with Gasteiger partial charge in [0, 0.05) is 19.4 Å². The van der Waals surface area contributed by atoms with E-state index in [1.165, 1.54) is 0 Å². The number of carbonyl (C=O) groups is 1. The van der Waals surface area contributed by atoms with Crippen LogP contribution in [0.15, 0.2) is 72.0 Å². The molecule has 5 heteroatoms. The minimum atomic E-state index is -0.212. The number of methoxy groups -OCH3 is 1. The molecule has 1 unspecified atom stereocenters. The van der Waals surface area contributed by atoms with Gasteiger partial charge in [0.15, 0.2) is 0 Å². The summed E-state index contributed by atoms with van der Waals surface area (Å²) < 4.78 is 11.0. The molecule has 0 saturated heterocycles. The highest BCUT2D eigenvalue weighted by Gasteiger charge is 2.10. The van der Waals surface area contributed by atoms with Crippen molar-refractivity contribution < 1.29 is 14.3 Å². The third-order valence-corrected chi connectivity index (χ3v) is 4.27. The van der Waals surface area contributed by atoms with Crippen LogP contribution in [0.1, 0.15) is 25.0 Å². The molecule has 3 N–H and O–H groups in total. The minimum absolute atomic E-state index is 0.192. The average molecular weight is 395 g/mol. The van der Waals surface area contributed by atoms with Crippen LogP contribution in [0.2, 0.25) is 0 Å². The smallest absolute Gasteiger partial charge is 0.253 e. The Balaban J connectivity index is 2.01. The van der Waals surface area contributed by atoms with Gasteiger partial charge in [-0.15, -0.1) is 0 Å². The molecule has 0 aliphatic heterocycles. The van der Waals surface area contributed by atoms with Crippen LogP contribution in [0.25, 0.3) is 0 Å². The fourth-order valence-corrected chi connectivity index (χ4v) is 2.78. The van der Waals surface area contributed by atoms with Gasteiger partial charge in [0.05, 0.1) is 12.2 Å². The quantitative estimate of drug-likeness (QED) is 0.486. The fourth-order valence-electron chi connectivity index (χ4n) is 2.78. The minimum Gasteiger partial charge on any atom is -0.457 e. The van der Waals surface area contributed by atoms with Crippen LogP contribution in [-0.4, -0.2) is 19.6 Å². The number of allylic oxidation sites excluding steroid dienone is 1. The molecule has 1 atom stereocenters. The zero-order valence-electron chi connectivity index (χ0n) is 17.6. The van der Waals surface area contributed by atoms with Crippen molar-refractivity contribution in [1.29, 1.82) is 0 Å². The number of nitrogens with two attached hydrogens (primary N) is 1. The monoisotopic (exact) mass is 394 g/mol. The summed E-state index contributed by atoms with van der Waals surface area (Å²) in [4.78, 5) is 12.6. The van der Waals surface area contributed by atoms with Crippen molar-refractivity contribution in [2.45, 2.75) is 27.3 Å². The van der Waals surface area contributed by atoms with Gasteiger partial charge in [-0.1, -0.05) is 43.3 Å². The highest BCUT2D eigenvalue weighted by Crippen LogP contribution is 2.23. The lowest BCUT2D eigenvalue weighted by Crippen LogP contribution is -2.25. The zero-order chi connectivity index (χ0) is 21.2. The predicted molar refractivity (Wildman–Crippen MR) is 117 cm³/mol. The lowest BCUT2D eigenvalue weighted by Gasteiger charge is -2.11. The standard InChI is InChI=1S/C24H30N2O3/c1-17-7-5-9-21(13-17)29-22-10-6-8-20(14-22)15-26-24(27)23(19(3)25)12-11-18(2)16-28-4/h5-14,18H,15-16,25H2,1-4H3,(H,26,27)/b12-11-,23-19-. The van der Waals surface area contributed by atoms with Crippen LogP contribution in [0.4, 0.5) is 0 Å². The molecule has 2 aromatic rings. The molecular weight excluding hydrogens is 364 g/mol. The SMILES string of the molecule is COCC(C)/C=C\C(C(=O)NCc1cccc(Oc2cccc(C)c2)c1)=C(/C)N. The molecule has 1 amide bonds. The van der Waals surface area contributed by atoms with E-state index in [1.807, 2.05) is 68.5 Å². The van der Waals surface area contributed by atoms with Gasteiger partial charge in [0.1, 0.15) is 11.5 Å². The third kappa shape index (κ3) is 7.47. The van der Waals surface area contributed by atoms with Gasteiger partial charge >= 0.3 is 0 Å². The Hall–Kier alpha value is -3.05. The largest absolute Gasteiger partial charge is 0.457 e. The van der Waals surface area contributed by atoms with Gasteiger partial charge in [-0.3, -0.25) is 4.79 Å². The molecule has 0 spiro atoms. The Kier molecular flexibility index (Phi) is 8.49. The van der Waals surface area contributed by atoms with E-state index in [1.54, 1.807) is 20.1 Å². The summed E-state index contributed by atoms with van der Waals surface area (Å²) in [6.45, 7) is 6.72. The van der Waals surface area contributed by atoms with E-state index >= 15 is 0 Å². The maximum Gasteiger partial charge on any atom is 0.253 e. The van der Waals surface area contributed by atoms with Gasteiger partial charge in [-0.05, 0) is 55.2 Å². The topological polar surface area (TPSA) is 73.6 Å². The van der Waals surface area contributed by atoms with Crippen LogP contribution < -0.4 is 15.8 Å². The number of ether oxygens (including phenoxy) is 2. The molecule has 2 rings (SSSR count). The zero-order valence-corrected chi connectivity index (χ0v) is 17.6. The molecule has 0 saturated carbocycles. The molecule has 29 heavy (non-hydrogen) atoms. The summed E-state index contributed by atoms with van der Waals surface area (Å²) in [6.07, 6.45) is 3.68. The maximum atomic E-state index is 12.6. The van der Waals surface area contributed by atoms with Gasteiger partial charge in [0.2, 0.25) is 0 Å². The number of carbonyl (C=O) groups excluding carboxylic acids is 1. The number of hydrogen-bond donors (Lipinski definition) is 2. The van der Waals surface area contributed by atoms with E-state index in [0.29, 0.717) is 24.4 Å². The summed E-state index contributed by atoms with van der Waals surface area (Å²) in [5.74, 6) is 1.49. The number of amides is 1. The van der Waals surface area contributed by atoms with Crippen LogP contribution in [0, 0.1) is 12.8 Å². The molecule has 0 heterocycles. The van der Waals surface area contributed by atoms with Crippen molar-refractivity contribution >= 4 is 5.91 Å². The highest BCUT2D eigenvalue weighted by molar-refractivity contribution is 5.96. The predicted octanol–water partition coefficient (Wildman–Crippen LogP) is 4.47. The fraction of sp³-hybridized carbons (Fsp3) is 0.292. The maximum absolute atomic E-state index is 12.6. The first-order valence-corrected chi connectivity index (χ1v) is 9.64. The third-order valence-electron chi connectivity index (χ3n) is 4.27. The summed E-state index contributed by atoms with van der Waals surface area (Å²) in [6, 6.07) is 15.5. The van der Waals surface area contributed by atoms with Crippen LogP contribution in [0.5, 0.6) is 11.5 Å². The molecule has 0 bridgehead atoms. The van der Waals surface area contributed by atoms with E-state index in [0.717, 1.165) is 22.6 Å². The second-order valence-electron chi connectivity index (χ2n) is 7.14. The summed E-state index contributed by atoms with van der Waals surface area (Å²) in [5.41, 5.74) is 8.91. The van der Waals surface area contributed by atoms with Crippen molar-refractivity contribution in [1.82, 2.24) is 5.32 Å². The van der Waals surface area contributed by atoms with Crippen molar-refractivity contribution in [2.24, 2.45) is 11.7 Å². The van der Waals surface area contributed by atoms with Crippen LogP contribution in [-0.2, 0) is 16.1 Å². The molecule has 0 aliphatic carbocycles. The lowest BCUT2D eigenvalue weighted by atomic mass is 10.1. The highest BCUT2D eigenvalue weighted by atomic mass is 16.5. The van der Waals surface area contributed by atoms with Gasteiger partial charge in [0.25, 0.3) is 5.91 Å². The first-order chi connectivity index (χ1) is 13.9. The molecule has 2 aromatic carbocycles. The first-order valence-electron chi connectivity index (χ1n) is 9.64. The summed E-state index contributed by atoms with van der Waals surface area (Å²) >= 11 is 0. The summed E-state index contributed by atoms with van der Waals surface area (Å²) in [5, 5.41) is 2.92. The Morgan fingerprint density at radius 2 is 1.86 bits per heavy atom. The molecular formula is C24H30N2O3. The molecule has 154 valence electrons. The second-order valence-corrected chi connectivity index (χ2v) is 7.14. The van der Waals surface area contributed by atoms with Gasteiger partial charge in [-0.2, -0.15) is 0 Å². The van der Waals surface area contributed by atoms with E-state index in [2.05, 4.69) is 5.32 Å². The Morgan fingerprint density at radius 3 is 2.52 bits per heavy atom. The Morgan fingerprint density at radius 1 is 1.17 bits per heavy atom. The second kappa shape index (κ2) is 11.1. The number of nitrogens with one attached hydrogen (secondary N) is 1. The van der Waals surface area contributed by atoms with Gasteiger partial charge < -0.3 is 20.5 Å². The number of aryl methyl sites for hydroxylation is 1. The van der Waals surface area contributed by atoms with Gasteiger partial charge in [-0.25, -0.2) is 0 Å². The van der Waals surface area contributed by atoms with Crippen LogP contribution in [0.3, 0.4) is 0 Å². The van der Waals surface area contributed by atoms with E-state index in [4.69, 9.17) is 15.2 Å². The molecule has 0 aliphatic rings. The molecule has 0 aromatic heterocycles. The Bertz CT molecular complexity index is 883. The number of benzene rings is 2. The first kappa shape index (κ1) is 22.2. The van der Waals surface area contributed by atoms with E-state index < -0.39 is 0 Å². The average Bonchev–Trinajstić information content (AvgIpc) is 2.67. The van der Waals surface area contributed by atoms with Crippen molar-refractivity contribution in [3.8, 4) is 11.5 Å². The van der Waals surface area contributed by atoms with Crippen molar-refractivity contribution in [2.75, 3.05) is 13.7 Å². The van der Waals surface area contributed by atoms with E-state index in [-0.39, 0.29) is 11.8 Å². The van der Waals surface area contributed by atoms with Crippen molar-refractivity contribution in [3.63, 3.8) is 0 Å². The molecule has 0 radical (unpaired) electrons. The Labute approximate surface area is 173 Å².